The Bertz CT molecular complexity index is 349. The van der Waals surface area contributed by atoms with E-state index in [1.54, 1.807) is 6.33 Å². The molecule has 0 radical (unpaired) electrons. The van der Waals surface area contributed by atoms with E-state index in [4.69, 9.17) is 0 Å². The molecule has 1 aromatic rings. The molecule has 3 N–H and O–H groups in total. The number of nitrogens with one attached hydrogen (secondary N) is 3. The predicted octanol–water partition coefficient (Wildman–Crippen LogP) is 1.71. The smallest absolute Gasteiger partial charge is 0.131 e. The topological polar surface area (TPSA) is 61.9 Å². The molecule has 0 saturated heterocycles. The highest BCUT2D eigenvalue weighted by Crippen LogP contribution is 2.24. The summed E-state index contributed by atoms with van der Waals surface area (Å²) in [5.74, 6) is 2.62. The Balaban J connectivity index is 1.78. The largest absolute Gasteiger partial charge is 0.370 e. The van der Waals surface area contributed by atoms with Gasteiger partial charge in [0.2, 0.25) is 0 Å². The number of nitrogens with zero attached hydrogens (tertiary/aromatic N) is 2. The molecule has 1 aliphatic rings. The second-order valence-electron chi connectivity index (χ2n) is 4.85. The Morgan fingerprint density at radius 1 is 1.11 bits per heavy atom. The highest BCUT2D eigenvalue weighted by atomic mass is 15.1. The minimum absolute atomic E-state index is 0.820. The molecular formula is C13H23N5. The summed E-state index contributed by atoms with van der Waals surface area (Å²) in [4.78, 5) is 8.45. The minimum Gasteiger partial charge on any atom is -0.370 e. The zero-order chi connectivity index (χ0) is 12.6. The molecule has 0 aromatic carbocycles. The molecule has 18 heavy (non-hydrogen) atoms. The van der Waals surface area contributed by atoms with Gasteiger partial charge in [0.05, 0.1) is 0 Å². The van der Waals surface area contributed by atoms with Gasteiger partial charge in [0.15, 0.2) is 0 Å². The molecule has 0 amide bonds. The third kappa shape index (κ3) is 4.14. The molecule has 2 rings (SSSR count). The van der Waals surface area contributed by atoms with E-state index in [9.17, 15) is 0 Å². The van der Waals surface area contributed by atoms with Crippen LogP contribution in [0.3, 0.4) is 0 Å². The van der Waals surface area contributed by atoms with Crippen LogP contribution in [0.5, 0.6) is 0 Å². The van der Waals surface area contributed by atoms with Gasteiger partial charge in [-0.1, -0.05) is 12.8 Å². The van der Waals surface area contributed by atoms with Crippen molar-refractivity contribution < 1.29 is 0 Å². The molecule has 5 nitrogen and oxygen atoms in total. The van der Waals surface area contributed by atoms with E-state index in [2.05, 4.69) is 25.9 Å². The lowest BCUT2D eigenvalue weighted by Crippen LogP contribution is -2.18. The average Bonchev–Trinajstić information content (AvgIpc) is 2.90. The fourth-order valence-electron chi connectivity index (χ4n) is 2.33. The van der Waals surface area contributed by atoms with Gasteiger partial charge in [-0.15, -0.1) is 0 Å². The molecule has 100 valence electrons. The number of rotatable bonds is 7. The highest BCUT2D eigenvalue weighted by molar-refractivity contribution is 5.46. The van der Waals surface area contributed by atoms with Gasteiger partial charge in [-0.3, -0.25) is 0 Å². The van der Waals surface area contributed by atoms with Gasteiger partial charge in [-0.05, 0) is 25.8 Å². The van der Waals surface area contributed by atoms with Crippen LogP contribution in [0.4, 0.5) is 11.6 Å². The second kappa shape index (κ2) is 7.16. The quantitative estimate of drug-likeness (QED) is 0.642. The Kier molecular flexibility index (Phi) is 5.20. The molecule has 0 unspecified atom stereocenters. The van der Waals surface area contributed by atoms with E-state index in [-0.39, 0.29) is 0 Å². The summed E-state index contributed by atoms with van der Waals surface area (Å²) in [6.07, 6.45) is 7.08. The second-order valence-corrected chi connectivity index (χ2v) is 4.85. The number of likely N-dealkylation sites (N-methyl/N-ethyl adjacent to an activating group) is 1. The van der Waals surface area contributed by atoms with Gasteiger partial charge in [-0.25, -0.2) is 9.97 Å². The Hall–Kier alpha value is -1.36. The van der Waals surface area contributed by atoms with Gasteiger partial charge in [0, 0.05) is 25.7 Å². The Labute approximate surface area is 109 Å². The van der Waals surface area contributed by atoms with Gasteiger partial charge in [0.1, 0.15) is 18.0 Å². The molecule has 1 heterocycles. The summed E-state index contributed by atoms with van der Waals surface area (Å²) < 4.78 is 0. The molecule has 1 fully saturated rings. The zero-order valence-corrected chi connectivity index (χ0v) is 11.1. The van der Waals surface area contributed by atoms with Crippen LogP contribution in [0.2, 0.25) is 0 Å². The summed E-state index contributed by atoms with van der Waals surface area (Å²) in [5.41, 5.74) is 0. The third-order valence-corrected chi connectivity index (χ3v) is 3.39. The van der Waals surface area contributed by atoms with Crippen molar-refractivity contribution in [1.29, 1.82) is 0 Å². The van der Waals surface area contributed by atoms with Crippen molar-refractivity contribution in [3.63, 3.8) is 0 Å². The number of hydrogen-bond acceptors (Lipinski definition) is 5. The van der Waals surface area contributed by atoms with Crippen molar-refractivity contribution in [1.82, 2.24) is 15.3 Å². The number of anilines is 2. The lowest BCUT2D eigenvalue weighted by molar-refractivity contribution is 0.579. The van der Waals surface area contributed by atoms with E-state index in [1.807, 2.05) is 13.1 Å². The van der Waals surface area contributed by atoms with E-state index < -0.39 is 0 Å². The SMILES string of the molecule is CNCCNc1cc(NCC2CCCC2)ncn1. The maximum atomic E-state index is 4.25. The van der Waals surface area contributed by atoms with Crippen molar-refractivity contribution in [2.24, 2.45) is 5.92 Å². The van der Waals surface area contributed by atoms with Crippen LogP contribution in [-0.4, -0.2) is 36.6 Å². The predicted molar refractivity (Wildman–Crippen MR) is 74.9 cm³/mol. The first-order chi connectivity index (χ1) is 8.88. The van der Waals surface area contributed by atoms with Crippen molar-refractivity contribution in [2.75, 3.05) is 37.3 Å². The first-order valence-electron chi connectivity index (χ1n) is 6.83. The van der Waals surface area contributed by atoms with Crippen molar-refractivity contribution in [3.05, 3.63) is 12.4 Å². The van der Waals surface area contributed by atoms with Crippen LogP contribution in [0.15, 0.2) is 12.4 Å². The molecule has 0 aliphatic heterocycles. The molecule has 5 heteroatoms. The standard InChI is InChI=1S/C13H23N5/c1-14-6-7-15-12-8-13(18-10-17-12)16-9-11-4-2-3-5-11/h8,10-11,14H,2-7,9H2,1H3,(H2,15,16,17,18). The van der Waals surface area contributed by atoms with Gasteiger partial charge < -0.3 is 16.0 Å². The zero-order valence-electron chi connectivity index (χ0n) is 11.1. The van der Waals surface area contributed by atoms with Crippen LogP contribution in [-0.2, 0) is 0 Å². The normalized spacial score (nSPS) is 15.8. The summed E-state index contributed by atoms with van der Waals surface area (Å²) in [6.45, 7) is 2.83. The van der Waals surface area contributed by atoms with Crippen LogP contribution >= 0.6 is 0 Å². The Morgan fingerprint density at radius 2 is 1.83 bits per heavy atom. The van der Waals surface area contributed by atoms with Gasteiger partial charge in [-0.2, -0.15) is 0 Å². The molecule has 0 atom stereocenters. The van der Waals surface area contributed by atoms with Crippen LogP contribution in [0, 0.1) is 5.92 Å². The first kappa shape index (κ1) is 13.1. The van der Waals surface area contributed by atoms with Crippen molar-refractivity contribution in [2.45, 2.75) is 25.7 Å². The molecular weight excluding hydrogens is 226 g/mol. The number of hydrogen-bond donors (Lipinski definition) is 3. The van der Waals surface area contributed by atoms with Crippen LogP contribution < -0.4 is 16.0 Å². The maximum Gasteiger partial charge on any atom is 0.131 e. The van der Waals surface area contributed by atoms with Crippen molar-refractivity contribution in [3.8, 4) is 0 Å². The summed E-state index contributed by atoms with van der Waals surface area (Å²) >= 11 is 0. The first-order valence-corrected chi connectivity index (χ1v) is 6.83. The number of aromatic nitrogens is 2. The van der Waals surface area contributed by atoms with Crippen LogP contribution in [0.25, 0.3) is 0 Å². The average molecular weight is 249 g/mol. The lowest BCUT2D eigenvalue weighted by Gasteiger charge is -2.12. The lowest BCUT2D eigenvalue weighted by atomic mass is 10.1. The summed E-state index contributed by atoms with van der Waals surface area (Å²) in [6, 6.07) is 1.98. The highest BCUT2D eigenvalue weighted by Gasteiger charge is 2.14. The minimum atomic E-state index is 0.820. The summed E-state index contributed by atoms with van der Waals surface area (Å²) in [5, 5.41) is 9.76. The Morgan fingerprint density at radius 3 is 2.56 bits per heavy atom. The molecule has 1 aromatic heterocycles. The molecule has 0 spiro atoms. The van der Waals surface area contributed by atoms with Gasteiger partial charge >= 0.3 is 0 Å². The molecule has 1 aliphatic carbocycles. The van der Waals surface area contributed by atoms with E-state index >= 15 is 0 Å². The third-order valence-electron chi connectivity index (χ3n) is 3.39. The van der Waals surface area contributed by atoms with Crippen LogP contribution in [0.1, 0.15) is 25.7 Å². The fourth-order valence-corrected chi connectivity index (χ4v) is 2.33. The van der Waals surface area contributed by atoms with Crippen molar-refractivity contribution >= 4 is 11.6 Å². The molecule has 1 saturated carbocycles. The monoisotopic (exact) mass is 249 g/mol. The van der Waals surface area contributed by atoms with Gasteiger partial charge in [0.25, 0.3) is 0 Å². The fraction of sp³-hybridized carbons (Fsp3) is 0.692. The summed E-state index contributed by atoms with van der Waals surface area (Å²) in [7, 11) is 1.94. The molecule has 0 bridgehead atoms. The van der Waals surface area contributed by atoms with E-state index in [0.717, 1.165) is 37.2 Å². The van der Waals surface area contributed by atoms with E-state index in [1.165, 1.54) is 25.7 Å². The van der Waals surface area contributed by atoms with E-state index in [0.29, 0.717) is 0 Å². The maximum absolute atomic E-state index is 4.25.